The number of ether oxygens (including phenoxy) is 2. The Balaban J connectivity index is 1.73. The molecule has 0 spiro atoms. The molecule has 1 aliphatic heterocycles. The summed E-state index contributed by atoms with van der Waals surface area (Å²) in [5.41, 5.74) is 1.68. The summed E-state index contributed by atoms with van der Waals surface area (Å²) in [7, 11) is 0. The fourth-order valence-corrected chi connectivity index (χ4v) is 4.71. The molecule has 0 radical (unpaired) electrons. The van der Waals surface area contributed by atoms with Crippen molar-refractivity contribution in [3.8, 4) is 11.5 Å². The third kappa shape index (κ3) is 4.78. The van der Waals surface area contributed by atoms with E-state index in [9.17, 15) is 9.59 Å². The van der Waals surface area contributed by atoms with Crippen molar-refractivity contribution in [3.63, 3.8) is 0 Å². The van der Waals surface area contributed by atoms with E-state index in [1.807, 2.05) is 68.4 Å². The zero-order valence-electron chi connectivity index (χ0n) is 17.8. The van der Waals surface area contributed by atoms with Gasteiger partial charge in [0.15, 0.2) is 0 Å². The van der Waals surface area contributed by atoms with E-state index in [1.165, 1.54) is 4.90 Å². The fraction of sp³-hybridized carbons (Fsp3) is 0.200. The molecule has 0 aromatic heterocycles. The molecule has 1 saturated heterocycles. The molecule has 0 unspecified atom stereocenters. The van der Waals surface area contributed by atoms with Gasteiger partial charge in [0.05, 0.1) is 24.7 Å². The van der Waals surface area contributed by atoms with Crippen LogP contribution in [0.3, 0.4) is 0 Å². The van der Waals surface area contributed by atoms with Gasteiger partial charge >= 0.3 is 0 Å². The Hall–Kier alpha value is -2.52. The monoisotopic (exact) mass is 559 g/mol. The molecule has 1 fully saturated rings. The molecule has 0 N–H and O–H groups in total. The molecule has 0 saturated carbocycles. The number of thioether (sulfide) groups is 1. The number of fused-ring (bicyclic) bond motifs is 1. The van der Waals surface area contributed by atoms with Crippen LogP contribution in [-0.2, 0) is 11.3 Å². The predicted octanol–water partition coefficient (Wildman–Crippen LogP) is 6.48. The standard InChI is InChI=1S/C25H22INO4S/c1-3-30-19-11-7-17-8-12-22(31-4-2)21(20(17)13-19)14-23-24(28)27(25(29)32-23)15-16-5-9-18(26)10-6-16/h5-14H,3-4,15H2,1-2H3/b23-14-. The highest BCUT2D eigenvalue weighted by molar-refractivity contribution is 14.1. The Morgan fingerprint density at radius 1 is 0.969 bits per heavy atom. The van der Waals surface area contributed by atoms with Crippen LogP contribution < -0.4 is 9.47 Å². The number of carbonyl (C=O) groups is 2. The van der Waals surface area contributed by atoms with Crippen LogP contribution in [0.4, 0.5) is 4.79 Å². The molecular weight excluding hydrogens is 537 g/mol. The van der Waals surface area contributed by atoms with E-state index in [0.717, 1.165) is 43.0 Å². The van der Waals surface area contributed by atoms with E-state index in [4.69, 9.17) is 9.47 Å². The molecule has 32 heavy (non-hydrogen) atoms. The fourth-order valence-electron chi connectivity index (χ4n) is 3.53. The number of carbonyl (C=O) groups excluding carboxylic acids is 2. The Kier molecular flexibility index (Phi) is 7.05. The quantitative estimate of drug-likeness (QED) is 0.245. The third-order valence-corrected chi connectivity index (χ3v) is 6.64. The van der Waals surface area contributed by atoms with Crippen molar-refractivity contribution in [2.75, 3.05) is 13.2 Å². The number of nitrogens with zero attached hydrogens (tertiary/aromatic N) is 1. The van der Waals surface area contributed by atoms with Gasteiger partial charge in [-0.25, -0.2) is 0 Å². The first-order valence-electron chi connectivity index (χ1n) is 10.3. The van der Waals surface area contributed by atoms with Gasteiger partial charge in [-0.1, -0.05) is 24.3 Å². The lowest BCUT2D eigenvalue weighted by atomic mass is 10.0. The second-order valence-corrected chi connectivity index (χ2v) is 9.36. The van der Waals surface area contributed by atoms with Crippen LogP contribution in [0.1, 0.15) is 25.0 Å². The second kappa shape index (κ2) is 9.95. The Morgan fingerprint density at radius 2 is 1.69 bits per heavy atom. The minimum atomic E-state index is -0.293. The summed E-state index contributed by atoms with van der Waals surface area (Å²) < 4.78 is 12.6. The van der Waals surface area contributed by atoms with Crippen LogP contribution in [0.5, 0.6) is 11.5 Å². The molecule has 2 amide bonds. The minimum Gasteiger partial charge on any atom is -0.494 e. The summed E-state index contributed by atoms with van der Waals surface area (Å²) in [6, 6.07) is 17.5. The van der Waals surface area contributed by atoms with Gasteiger partial charge in [0.2, 0.25) is 0 Å². The van der Waals surface area contributed by atoms with Gasteiger partial charge in [-0.05, 0) is 101 Å². The zero-order chi connectivity index (χ0) is 22.7. The molecule has 0 atom stereocenters. The van der Waals surface area contributed by atoms with Crippen LogP contribution in [0.25, 0.3) is 16.8 Å². The third-order valence-electron chi connectivity index (χ3n) is 5.01. The van der Waals surface area contributed by atoms with Crippen molar-refractivity contribution in [2.24, 2.45) is 0 Å². The lowest BCUT2D eigenvalue weighted by Crippen LogP contribution is -2.27. The van der Waals surface area contributed by atoms with Gasteiger partial charge in [-0.3, -0.25) is 14.5 Å². The first-order valence-corrected chi connectivity index (χ1v) is 12.2. The topological polar surface area (TPSA) is 55.8 Å². The number of amides is 2. The Labute approximate surface area is 204 Å². The van der Waals surface area contributed by atoms with Crippen molar-refractivity contribution in [1.29, 1.82) is 0 Å². The van der Waals surface area contributed by atoms with E-state index in [2.05, 4.69) is 22.6 Å². The number of benzene rings is 3. The van der Waals surface area contributed by atoms with Crippen molar-refractivity contribution < 1.29 is 19.1 Å². The highest BCUT2D eigenvalue weighted by Crippen LogP contribution is 2.38. The molecular formula is C25H22INO4S. The smallest absolute Gasteiger partial charge is 0.293 e. The molecule has 0 bridgehead atoms. The zero-order valence-corrected chi connectivity index (χ0v) is 20.7. The number of hydrogen-bond acceptors (Lipinski definition) is 5. The largest absolute Gasteiger partial charge is 0.494 e. The molecule has 4 rings (SSSR count). The van der Waals surface area contributed by atoms with Crippen molar-refractivity contribution in [2.45, 2.75) is 20.4 Å². The van der Waals surface area contributed by atoms with Crippen LogP contribution in [0, 0.1) is 3.57 Å². The average Bonchev–Trinajstić information content (AvgIpc) is 3.04. The number of halogens is 1. The Bertz CT molecular complexity index is 1200. The van der Waals surface area contributed by atoms with Gasteiger partial charge in [-0.2, -0.15) is 0 Å². The van der Waals surface area contributed by atoms with Crippen LogP contribution in [0.2, 0.25) is 0 Å². The van der Waals surface area contributed by atoms with E-state index in [-0.39, 0.29) is 17.7 Å². The predicted molar refractivity (Wildman–Crippen MR) is 137 cm³/mol. The van der Waals surface area contributed by atoms with Crippen molar-refractivity contribution >= 4 is 62.3 Å². The summed E-state index contributed by atoms with van der Waals surface area (Å²) in [6.07, 6.45) is 1.77. The summed E-state index contributed by atoms with van der Waals surface area (Å²) in [6.45, 7) is 5.15. The van der Waals surface area contributed by atoms with Gasteiger partial charge in [0.25, 0.3) is 11.1 Å². The number of rotatable bonds is 7. The van der Waals surface area contributed by atoms with Gasteiger partial charge in [0, 0.05) is 9.13 Å². The molecule has 3 aromatic carbocycles. The molecule has 1 aliphatic rings. The summed E-state index contributed by atoms with van der Waals surface area (Å²) in [5, 5.41) is 1.64. The van der Waals surface area contributed by atoms with Gasteiger partial charge < -0.3 is 9.47 Å². The molecule has 5 nitrogen and oxygen atoms in total. The normalized spacial score (nSPS) is 15.1. The number of imide groups is 1. The minimum absolute atomic E-state index is 0.251. The van der Waals surface area contributed by atoms with Crippen LogP contribution in [-0.4, -0.2) is 29.3 Å². The van der Waals surface area contributed by atoms with E-state index < -0.39 is 0 Å². The highest BCUT2D eigenvalue weighted by Gasteiger charge is 2.35. The summed E-state index contributed by atoms with van der Waals surface area (Å²) >= 11 is 3.19. The molecule has 0 aliphatic carbocycles. The molecule has 164 valence electrons. The number of hydrogen-bond donors (Lipinski definition) is 0. The van der Waals surface area contributed by atoms with Crippen molar-refractivity contribution in [3.05, 3.63) is 74.2 Å². The summed E-state index contributed by atoms with van der Waals surface area (Å²) in [5.74, 6) is 1.12. The molecule has 1 heterocycles. The van der Waals surface area contributed by atoms with E-state index in [1.54, 1.807) is 6.08 Å². The Morgan fingerprint density at radius 3 is 2.41 bits per heavy atom. The van der Waals surface area contributed by atoms with Gasteiger partial charge in [0.1, 0.15) is 11.5 Å². The second-order valence-electron chi connectivity index (χ2n) is 7.12. The van der Waals surface area contributed by atoms with E-state index in [0.29, 0.717) is 23.9 Å². The highest BCUT2D eigenvalue weighted by atomic mass is 127. The maximum absolute atomic E-state index is 13.1. The summed E-state index contributed by atoms with van der Waals surface area (Å²) in [4.78, 5) is 27.4. The first-order chi connectivity index (χ1) is 15.5. The van der Waals surface area contributed by atoms with Crippen LogP contribution in [0.15, 0.2) is 59.5 Å². The lowest BCUT2D eigenvalue weighted by molar-refractivity contribution is -0.123. The van der Waals surface area contributed by atoms with Crippen molar-refractivity contribution in [1.82, 2.24) is 4.90 Å². The maximum atomic E-state index is 13.1. The average molecular weight is 559 g/mol. The maximum Gasteiger partial charge on any atom is 0.293 e. The van der Waals surface area contributed by atoms with Gasteiger partial charge in [-0.15, -0.1) is 0 Å². The SMILES string of the molecule is CCOc1ccc2ccc(OCC)c(/C=C3\SC(=O)N(Cc4ccc(I)cc4)C3=O)c2c1. The lowest BCUT2D eigenvalue weighted by Gasteiger charge is -2.13. The first kappa shape index (κ1) is 22.7. The molecule has 7 heteroatoms. The van der Waals surface area contributed by atoms with Crippen LogP contribution >= 0.6 is 34.4 Å². The van der Waals surface area contributed by atoms with E-state index >= 15 is 0 Å². The molecule has 3 aromatic rings.